The molecule has 0 saturated carbocycles. The second-order valence-corrected chi connectivity index (χ2v) is 7.94. The normalized spacial score (nSPS) is 11.3. The summed E-state index contributed by atoms with van der Waals surface area (Å²) in [5, 5.41) is 11.5. The van der Waals surface area contributed by atoms with Crippen LogP contribution in [0.1, 0.15) is 23.9 Å². The van der Waals surface area contributed by atoms with Crippen molar-refractivity contribution in [1.29, 1.82) is 0 Å². The lowest BCUT2D eigenvalue weighted by Crippen LogP contribution is -2.15. The number of anilines is 1. The highest BCUT2D eigenvalue weighted by molar-refractivity contribution is 7.99. The molecule has 1 N–H and O–H groups in total. The molecule has 0 spiro atoms. The van der Waals surface area contributed by atoms with Gasteiger partial charge in [-0.25, -0.2) is 0 Å². The number of ether oxygens (including phenoxy) is 1. The number of hydrogen-bond donors (Lipinski definition) is 1. The number of benzene rings is 2. The summed E-state index contributed by atoms with van der Waals surface area (Å²) in [6, 6.07) is 12.3. The molecule has 3 aromatic rings. The van der Waals surface area contributed by atoms with Crippen LogP contribution < -0.4 is 10.1 Å². The Balaban J connectivity index is 1.61. The van der Waals surface area contributed by atoms with Crippen molar-refractivity contribution in [2.24, 2.45) is 0 Å². The third kappa shape index (κ3) is 6.85. The Kier molecular flexibility index (Phi) is 8.16. The molecular weight excluding hydrogens is 453 g/mol. The minimum atomic E-state index is -4.45. The van der Waals surface area contributed by atoms with Crippen LogP contribution in [0.3, 0.4) is 0 Å². The van der Waals surface area contributed by atoms with Gasteiger partial charge in [-0.05, 0) is 42.3 Å². The van der Waals surface area contributed by atoms with Crippen molar-refractivity contribution < 1.29 is 22.7 Å². The summed E-state index contributed by atoms with van der Waals surface area (Å²) in [5.41, 5.74) is 1.10. The lowest BCUT2D eigenvalue weighted by Gasteiger charge is -2.11. The predicted octanol–water partition coefficient (Wildman–Crippen LogP) is 5.36. The summed E-state index contributed by atoms with van der Waals surface area (Å²) in [6.45, 7) is 6.04. The number of allylic oxidation sites excluding steroid dienone is 1. The molecule has 0 fully saturated rings. The average Bonchev–Trinajstić information content (AvgIpc) is 3.18. The summed E-state index contributed by atoms with van der Waals surface area (Å²) >= 11 is 1.20. The molecule has 0 aliphatic rings. The number of thioether (sulfide) groups is 1. The highest BCUT2D eigenvalue weighted by Crippen LogP contribution is 2.31. The van der Waals surface area contributed by atoms with Crippen LogP contribution in [0, 0.1) is 0 Å². The van der Waals surface area contributed by atoms with Gasteiger partial charge in [0.2, 0.25) is 5.91 Å². The van der Waals surface area contributed by atoms with E-state index in [2.05, 4.69) is 29.0 Å². The highest BCUT2D eigenvalue weighted by Gasteiger charge is 2.30. The van der Waals surface area contributed by atoms with E-state index in [4.69, 9.17) is 4.74 Å². The Morgan fingerprint density at radius 3 is 2.64 bits per heavy atom. The Labute approximate surface area is 193 Å². The quantitative estimate of drug-likeness (QED) is 0.315. The zero-order valence-corrected chi connectivity index (χ0v) is 18.7. The first kappa shape index (κ1) is 24.4. The van der Waals surface area contributed by atoms with Crippen molar-refractivity contribution in [3.05, 3.63) is 78.1 Å². The summed E-state index contributed by atoms with van der Waals surface area (Å²) in [5.74, 6) is 0.393. The molecule has 6 nitrogen and oxygen atoms in total. The Morgan fingerprint density at radius 2 is 1.97 bits per heavy atom. The van der Waals surface area contributed by atoms with Crippen molar-refractivity contribution in [2.45, 2.75) is 37.8 Å². The summed E-state index contributed by atoms with van der Waals surface area (Å²) in [7, 11) is 0. The largest absolute Gasteiger partial charge is 0.486 e. The summed E-state index contributed by atoms with van der Waals surface area (Å²) in [4.78, 5) is 12.3. The van der Waals surface area contributed by atoms with E-state index in [1.165, 1.54) is 29.5 Å². The zero-order valence-electron chi connectivity index (χ0n) is 17.9. The third-order valence-electron chi connectivity index (χ3n) is 4.61. The average molecular weight is 477 g/mol. The minimum absolute atomic E-state index is 0.0700. The molecule has 0 aliphatic heterocycles. The molecular formula is C23H23F3N4O2S. The second kappa shape index (κ2) is 11.0. The fraction of sp³-hybridized carbons (Fsp3) is 0.261. The van der Waals surface area contributed by atoms with Crippen molar-refractivity contribution >= 4 is 23.4 Å². The van der Waals surface area contributed by atoms with Crippen molar-refractivity contribution in [1.82, 2.24) is 14.8 Å². The minimum Gasteiger partial charge on any atom is -0.486 e. The number of rotatable bonds is 10. The number of aryl methyl sites for hydroxylation is 1. The van der Waals surface area contributed by atoms with E-state index in [0.29, 0.717) is 23.2 Å². The van der Waals surface area contributed by atoms with E-state index in [9.17, 15) is 18.0 Å². The molecule has 1 heterocycles. The molecule has 1 amide bonds. The predicted molar refractivity (Wildman–Crippen MR) is 121 cm³/mol. The topological polar surface area (TPSA) is 69.0 Å². The number of alkyl halides is 3. The molecule has 0 saturated heterocycles. The van der Waals surface area contributed by atoms with Crippen LogP contribution >= 0.6 is 11.8 Å². The maximum Gasteiger partial charge on any atom is 0.416 e. The van der Waals surface area contributed by atoms with Gasteiger partial charge in [0.05, 0.1) is 11.3 Å². The number of hydrogen-bond acceptors (Lipinski definition) is 5. The van der Waals surface area contributed by atoms with E-state index >= 15 is 0 Å². The maximum atomic E-state index is 12.9. The fourth-order valence-corrected chi connectivity index (χ4v) is 3.67. The molecule has 0 unspecified atom stereocenters. The number of amides is 1. The highest BCUT2D eigenvalue weighted by atomic mass is 32.2. The van der Waals surface area contributed by atoms with Crippen molar-refractivity contribution in [3.63, 3.8) is 0 Å². The number of carbonyl (C=O) groups is 1. The molecule has 3 rings (SSSR count). The first-order valence-electron chi connectivity index (χ1n) is 10.1. The standard InChI is InChI=1S/C23H23F3N4O2S/c1-3-12-30-20(14-32-19-7-5-6-17(13-19)23(24,25)26)28-29-22(30)33-15-21(31)27-18-10-8-16(4-2)9-11-18/h3,5-11,13H,1,4,12,14-15H2,2H3,(H,27,31). The Hall–Kier alpha value is -3.27. The fourth-order valence-electron chi connectivity index (χ4n) is 2.91. The molecule has 1 aromatic heterocycles. The van der Waals surface area contributed by atoms with Gasteiger partial charge < -0.3 is 10.1 Å². The van der Waals surface area contributed by atoms with Gasteiger partial charge in [-0.3, -0.25) is 9.36 Å². The van der Waals surface area contributed by atoms with E-state index in [-0.39, 0.29) is 24.0 Å². The first-order valence-corrected chi connectivity index (χ1v) is 11.1. The molecule has 2 aromatic carbocycles. The van der Waals surface area contributed by atoms with Crippen LogP contribution in [0.4, 0.5) is 18.9 Å². The molecule has 10 heteroatoms. The van der Waals surface area contributed by atoms with Crippen LogP contribution in [0.15, 0.2) is 66.3 Å². The van der Waals surface area contributed by atoms with Gasteiger partial charge in [-0.2, -0.15) is 13.2 Å². The van der Waals surface area contributed by atoms with Crippen molar-refractivity contribution in [3.8, 4) is 5.75 Å². The number of aromatic nitrogens is 3. The van der Waals surface area contributed by atoms with Crippen LogP contribution in [0.25, 0.3) is 0 Å². The molecule has 174 valence electrons. The van der Waals surface area contributed by atoms with E-state index in [1.54, 1.807) is 10.6 Å². The first-order chi connectivity index (χ1) is 15.8. The SMILES string of the molecule is C=CCn1c(COc2cccc(C(F)(F)F)c2)nnc1SCC(=O)Nc1ccc(CC)cc1. The summed E-state index contributed by atoms with van der Waals surface area (Å²) < 4.78 is 45.9. The Bertz CT molecular complexity index is 1100. The summed E-state index contributed by atoms with van der Waals surface area (Å²) in [6.07, 6.45) is -1.90. The number of nitrogens with one attached hydrogen (secondary N) is 1. The van der Waals surface area contributed by atoms with E-state index in [1.807, 2.05) is 24.3 Å². The molecule has 0 atom stereocenters. The van der Waals surface area contributed by atoms with Gasteiger partial charge in [0.15, 0.2) is 11.0 Å². The van der Waals surface area contributed by atoms with E-state index < -0.39 is 11.7 Å². The van der Waals surface area contributed by atoms with Crippen LogP contribution in [-0.4, -0.2) is 26.4 Å². The number of halogens is 3. The zero-order chi connectivity index (χ0) is 23.8. The van der Waals surface area contributed by atoms with Gasteiger partial charge in [-0.15, -0.1) is 16.8 Å². The maximum absolute atomic E-state index is 12.9. The van der Waals surface area contributed by atoms with Crippen LogP contribution in [0.2, 0.25) is 0 Å². The van der Waals surface area contributed by atoms with E-state index in [0.717, 1.165) is 18.6 Å². The van der Waals surface area contributed by atoms with Crippen LogP contribution in [-0.2, 0) is 30.5 Å². The monoisotopic (exact) mass is 476 g/mol. The van der Waals surface area contributed by atoms with Gasteiger partial charge in [0, 0.05) is 12.2 Å². The molecule has 0 aliphatic carbocycles. The van der Waals surface area contributed by atoms with Crippen molar-refractivity contribution in [2.75, 3.05) is 11.1 Å². The third-order valence-corrected chi connectivity index (χ3v) is 5.58. The smallest absolute Gasteiger partial charge is 0.416 e. The lowest BCUT2D eigenvalue weighted by molar-refractivity contribution is -0.137. The molecule has 0 bridgehead atoms. The van der Waals surface area contributed by atoms with Gasteiger partial charge >= 0.3 is 6.18 Å². The molecule has 0 radical (unpaired) electrons. The number of nitrogens with zero attached hydrogens (tertiary/aromatic N) is 3. The van der Waals surface area contributed by atoms with Gasteiger partial charge in [0.25, 0.3) is 0 Å². The Morgan fingerprint density at radius 1 is 1.21 bits per heavy atom. The lowest BCUT2D eigenvalue weighted by atomic mass is 10.1. The van der Waals surface area contributed by atoms with Crippen LogP contribution in [0.5, 0.6) is 5.75 Å². The molecule has 33 heavy (non-hydrogen) atoms. The van der Waals surface area contributed by atoms with Gasteiger partial charge in [0.1, 0.15) is 12.4 Å². The number of carbonyl (C=O) groups excluding carboxylic acids is 1. The second-order valence-electron chi connectivity index (χ2n) is 7.00. The van der Waals surface area contributed by atoms with Gasteiger partial charge in [-0.1, -0.05) is 43.0 Å².